The summed E-state index contributed by atoms with van der Waals surface area (Å²) in [6.07, 6.45) is 1.53. The maximum Gasteiger partial charge on any atom is 0.140 e. The molecule has 3 aromatic rings. The minimum atomic E-state index is -0.302. The number of hydrogen-bond donors (Lipinski definition) is 1. The molecule has 1 fully saturated rings. The molecule has 6 nitrogen and oxygen atoms in total. The number of piperazine rings is 1. The number of aliphatic hydroxyl groups is 1. The molecule has 1 aromatic heterocycles. The van der Waals surface area contributed by atoms with E-state index in [2.05, 4.69) is 20.9 Å². The molecule has 0 bridgehead atoms. The van der Waals surface area contributed by atoms with E-state index in [1.807, 2.05) is 41.3 Å². The van der Waals surface area contributed by atoms with Gasteiger partial charge in [0, 0.05) is 42.2 Å². The van der Waals surface area contributed by atoms with Crippen molar-refractivity contribution < 1.29 is 5.11 Å². The van der Waals surface area contributed by atoms with E-state index < -0.39 is 0 Å². The second-order valence-electron chi connectivity index (χ2n) is 6.90. The van der Waals surface area contributed by atoms with Crippen LogP contribution in [0.5, 0.6) is 0 Å². The van der Waals surface area contributed by atoms with Crippen molar-refractivity contribution in [2.45, 2.75) is 6.04 Å². The Morgan fingerprint density at radius 2 is 1.93 bits per heavy atom. The van der Waals surface area contributed by atoms with Crippen LogP contribution in [-0.2, 0) is 0 Å². The van der Waals surface area contributed by atoms with Gasteiger partial charge in [0.25, 0.3) is 0 Å². The van der Waals surface area contributed by atoms with Gasteiger partial charge in [0.05, 0.1) is 23.2 Å². The number of aliphatic hydroxyl groups excluding tert-OH is 1. The van der Waals surface area contributed by atoms with Crippen LogP contribution in [0.4, 0.5) is 5.82 Å². The third-order valence-electron chi connectivity index (χ3n) is 5.19. The molecule has 2 aromatic carbocycles. The molecule has 0 radical (unpaired) electrons. The summed E-state index contributed by atoms with van der Waals surface area (Å²) in [6.45, 7) is 2.44. The van der Waals surface area contributed by atoms with E-state index in [0.717, 1.165) is 27.8 Å². The number of β-amino-alcohol motifs (C(OH)–C–C–N with tert-alkyl or cyclic N) is 1. The number of rotatable bonds is 4. The lowest BCUT2D eigenvalue weighted by Crippen LogP contribution is -2.53. The van der Waals surface area contributed by atoms with Crippen molar-refractivity contribution in [1.82, 2.24) is 14.9 Å². The second-order valence-corrected chi connectivity index (χ2v) is 7.75. The minimum Gasteiger partial charge on any atom is -0.395 e. The molecule has 1 atom stereocenters. The number of nitriles is 1. The molecule has 1 N–H and O–H groups in total. The van der Waals surface area contributed by atoms with Gasteiger partial charge in [-0.2, -0.15) is 5.26 Å². The Hall–Kier alpha value is -2.43. The number of anilines is 1. The van der Waals surface area contributed by atoms with Crippen LogP contribution in [0.25, 0.3) is 22.0 Å². The average molecular weight is 428 g/mol. The summed E-state index contributed by atoms with van der Waals surface area (Å²) in [4.78, 5) is 13.0. The zero-order chi connectivity index (χ0) is 20.4. The molecule has 2 heterocycles. The molecule has 148 valence electrons. The van der Waals surface area contributed by atoms with Gasteiger partial charge in [0.15, 0.2) is 0 Å². The molecule has 1 aliphatic heterocycles. The molecule has 8 heteroatoms. The Labute approximate surface area is 178 Å². The molecule has 0 aliphatic carbocycles. The summed E-state index contributed by atoms with van der Waals surface area (Å²) in [5.41, 5.74) is 2.59. The van der Waals surface area contributed by atoms with E-state index >= 15 is 0 Å². The average Bonchev–Trinajstić information content (AvgIpc) is 2.74. The van der Waals surface area contributed by atoms with Gasteiger partial charge < -0.3 is 10.0 Å². The number of fused-ring (bicyclic) bond motifs is 1. The molecule has 0 spiro atoms. The summed E-state index contributed by atoms with van der Waals surface area (Å²) in [7, 11) is 0. The molecule has 1 saturated heterocycles. The number of halogens is 2. The van der Waals surface area contributed by atoms with Crippen LogP contribution in [0.15, 0.2) is 42.7 Å². The van der Waals surface area contributed by atoms with Gasteiger partial charge in [-0.1, -0.05) is 35.3 Å². The highest BCUT2D eigenvalue weighted by Gasteiger charge is 2.28. The zero-order valence-corrected chi connectivity index (χ0v) is 17.1. The number of benzene rings is 2. The lowest BCUT2D eigenvalue weighted by atomic mass is 10.0. The standard InChI is InChI=1S/C21H19Cl2N5O/c22-15-3-1-14(2-4-15)17-9-18-20(10-19(17)23)25-13-26-21(18)28-6-5-27(7-8-29)16(11-24)12-28/h1-4,9-10,13,16,29H,5-8,12H2. The van der Waals surface area contributed by atoms with Crippen LogP contribution < -0.4 is 4.90 Å². The fourth-order valence-electron chi connectivity index (χ4n) is 3.70. The Morgan fingerprint density at radius 3 is 2.66 bits per heavy atom. The molecule has 0 saturated carbocycles. The van der Waals surface area contributed by atoms with Crippen LogP contribution in [0.3, 0.4) is 0 Å². The van der Waals surface area contributed by atoms with E-state index in [-0.39, 0.29) is 12.6 Å². The fraction of sp³-hybridized carbons (Fsp3) is 0.286. The van der Waals surface area contributed by atoms with E-state index in [1.54, 1.807) is 0 Å². The Bertz CT molecular complexity index is 1070. The third-order valence-corrected chi connectivity index (χ3v) is 5.75. The van der Waals surface area contributed by atoms with Crippen molar-refractivity contribution in [2.75, 3.05) is 37.7 Å². The van der Waals surface area contributed by atoms with Gasteiger partial charge in [0.2, 0.25) is 0 Å². The maximum absolute atomic E-state index is 9.56. The minimum absolute atomic E-state index is 0.0393. The molecule has 4 rings (SSSR count). The SMILES string of the molecule is N#CC1CN(c2ncnc3cc(Cl)c(-c4ccc(Cl)cc4)cc23)CCN1CCO. The summed E-state index contributed by atoms with van der Waals surface area (Å²) in [5.74, 6) is 0.783. The lowest BCUT2D eigenvalue weighted by Gasteiger charge is -2.38. The lowest BCUT2D eigenvalue weighted by molar-refractivity contribution is 0.162. The van der Waals surface area contributed by atoms with E-state index in [0.29, 0.717) is 36.2 Å². The smallest absolute Gasteiger partial charge is 0.140 e. The van der Waals surface area contributed by atoms with Crippen LogP contribution in [-0.4, -0.2) is 58.8 Å². The van der Waals surface area contributed by atoms with E-state index in [1.165, 1.54) is 6.33 Å². The van der Waals surface area contributed by atoms with Crippen LogP contribution in [0.1, 0.15) is 0 Å². The first-order valence-electron chi connectivity index (χ1n) is 9.30. The van der Waals surface area contributed by atoms with Crippen molar-refractivity contribution in [3.63, 3.8) is 0 Å². The molecule has 1 aliphatic rings. The van der Waals surface area contributed by atoms with Crippen LogP contribution in [0, 0.1) is 11.3 Å². The van der Waals surface area contributed by atoms with Crippen LogP contribution >= 0.6 is 23.2 Å². The summed E-state index contributed by atoms with van der Waals surface area (Å²) >= 11 is 12.6. The van der Waals surface area contributed by atoms with Gasteiger partial charge in [-0.05, 0) is 29.8 Å². The topological polar surface area (TPSA) is 76.3 Å². The Kier molecular flexibility index (Phi) is 5.84. The summed E-state index contributed by atoms with van der Waals surface area (Å²) < 4.78 is 0. The maximum atomic E-state index is 9.56. The fourth-order valence-corrected chi connectivity index (χ4v) is 4.09. The molecule has 1 unspecified atom stereocenters. The number of aromatic nitrogens is 2. The highest BCUT2D eigenvalue weighted by molar-refractivity contribution is 6.34. The predicted molar refractivity (Wildman–Crippen MR) is 115 cm³/mol. The second kappa shape index (κ2) is 8.52. The highest BCUT2D eigenvalue weighted by Crippen LogP contribution is 2.35. The zero-order valence-electron chi connectivity index (χ0n) is 15.6. The van der Waals surface area contributed by atoms with Gasteiger partial charge in [-0.15, -0.1) is 0 Å². The first-order chi connectivity index (χ1) is 14.1. The van der Waals surface area contributed by atoms with Crippen molar-refractivity contribution in [1.29, 1.82) is 5.26 Å². The highest BCUT2D eigenvalue weighted by atomic mass is 35.5. The molecule has 29 heavy (non-hydrogen) atoms. The molecule has 0 amide bonds. The Morgan fingerprint density at radius 1 is 1.14 bits per heavy atom. The quantitative estimate of drug-likeness (QED) is 0.684. The van der Waals surface area contributed by atoms with Gasteiger partial charge >= 0.3 is 0 Å². The molecular formula is C21H19Cl2N5O. The largest absolute Gasteiger partial charge is 0.395 e. The molecular weight excluding hydrogens is 409 g/mol. The van der Waals surface area contributed by atoms with E-state index in [9.17, 15) is 10.4 Å². The van der Waals surface area contributed by atoms with Gasteiger partial charge in [-0.25, -0.2) is 9.97 Å². The van der Waals surface area contributed by atoms with E-state index in [4.69, 9.17) is 23.2 Å². The summed E-state index contributed by atoms with van der Waals surface area (Å²) in [5, 5.41) is 20.9. The normalized spacial score (nSPS) is 17.4. The predicted octanol–water partition coefficient (Wildman–Crippen LogP) is 3.61. The van der Waals surface area contributed by atoms with Crippen molar-refractivity contribution >= 4 is 39.9 Å². The van der Waals surface area contributed by atoms with Crippen LogP contribution in [0.2, 0.25) is 10.0 Å². The van der Waals surface area contributed by atoms with Crippen molar-refractivity contribution in [3.05, 3.63) is 52.8 Å². The Balaban J connectivity index is 1.75. The summed E-state index contributed by atoms with van der Waals surface area (Å²) in [6, 6.07) is 13.4. The van der Waals surface area contributed by atoms with Gasteiger partial charge in [0.1, 0.15) is 18.2 Å². The number of hydrogen-bond acceptors (Lipinski definition) is 6. The van der Waals surface area contributed by atoms with Gasteiger partial charge in [-0.3, -0.25) is 4.90 Å². The monoisotopic (exact) mass is 427 g/mol. The number of nitrogens with zero attached hydrogens (tertiary/aromatic N) is 5. The first-order valence-corrected chi connectivity index (χ1v) is 10.1. The third kappa shape index (κ3) is 4.00. The van der Waals surface area contributed by atoms with Crippen molar-refractivity contribution in [3.8, 4) is 17.2 Å². The van der Waals surface area contributed by atoms with Crippen molar-refractivity contribution in [2.24, 2.45) is 0 Å². The first kappa shape index (κ1) is 19.9.